The summed E-state index contributed by atoms with van der Waals surface area (Å²) in [5, 5.41) is 24.9. The number of benzene rings is 3. The molecule has 4 heterocycles. The number of aromatic amines is 1. The Morgan fingerprint density at radius 3 is 1.94 bits per heavy atom. The highest BCUT2D eigenvalue weighted by Crippen LogP contribution is 2.32. The number of H-pyrrole nitrogens is 1. The Kier molecular flexibility index (Phi) is 24.0. The second-order valence-electron chi connectivity index (χ2n) is 22.7. The summed E-state index contributed by atoms with van der Waals surface area (Å²) in [6, 6.07) is 12.3. The van der Waals surface area contributed by atoms with Gasteiger partial charge in [-0.1, -0.05) is 86.5 Å². The van der Waals surface area contributed by atoms with E-state index >= 15 is 14.4 Å². The number of nitrogens with zero attached hydrogens (tertiary/aromatic N) is 5. The fourth-order valence-corrected chi connectivity index (χ4v) is 11.3. The number of para-hydroxylation sites is 1. The number of hydrogen-bond donors (Lipinski definition) is 11. The monoisotopic (exact) mass is 1200 g/mol. The van der Waals surface area contributed by atoms with Crippen LogP contribution in [0.3, 0.4) is 0 Å². The Hall–Kier alpha value is -8.62. The Bertz CT molecular complexity index is 3110. The molecule has 1 aromatic heterocycles. The van der Waals surface area contributed by atoms with E-state index in [4.69, 9.17) is 27.7 Å². The number of hydrogen-bond acceptors (Lipinski definition) is 13. The van der Waals surface area contributed by atoms with Crippen LogP contribution in [0.25, 0.3) is 10.9 Å². The van der Waals surface area contributed by atoms with Gasteiger partial charge < -0.3 is 79.0 Å². The standard InChI is InChI=1S/C61H85N15O11/c1-4-5-16-45(72-61(86)73(2)3)54(80)71-48(33-52(77)78)59(85)75-35-40-14-7-6-13-39(40)31-50(75)56(82)70-47(30-37-20-22-38(23-21-37)34-74-26-28-87-29-27-74)55(81)69-46(19-12-25-66-60(64)65)58(84)76-36-49-42(41-15-8-9-17-43(41)67-49)32-51(76)57(83)68-44(53(63)79)18-10-11-24-62/h6-9,13-15,17,20-23,44-48,50-51,67H,4-5,10-12,16,18-19,24-36,62H2,1-3H3,(H2,63,79)(H,68,83)(H,69,81)(H,70,82)(H,71,80)(H,72,86)(H,77,78)(H4,64,65,66)/t44-,45-,46-,47+,48-,50-,51?/m0/s1. The number of amides is 9. The molecule has 0 aliphatic carbocycles. The first-order chi connectivity index (χ1) is 41.7. The Balaban J connectivity index is 1.24. The summed E-state index contributed by atoms with van der Waals surface area (Å²) in [5.74, 6) is -6.99. The molecule has 1 unspecified atom stereocenters. The van der Waals surface area contributed by atoms with Crippen LogP contribution in [0.4, 0.5) is 4.79 Å². The van der Waals surface area contributed by atoms with Crippen molar-refractivity contribution >= 4 is 70.2 Å². The van der Waals surface area contributed by atoms with Crippen molar-refractivity contribution in [2.24, 2.45) is 27.9 Å². The first-order valence-electron chi connectivity index (χ1n) is 29.8. The molecule has 4 aromatic rings. The molecule has 0 bridgehead atoms. The molecule has 7 atom stereocenters. The van der Waals surface area contributed by atoms with Crippen LogP contribution in [0.1, 0.15) is 98.2 Å². The zero-order chi connectivity index (χ0) is 62.7. The van der Waals surface area contributed by atoms with E-state index in [1.807, 2.05) is 55.5 Å². The maximum Gasteiger partial charge on any atom is 0.317 e. The fraction of sp³-hybridized carbons (Fsp3) is 0.508. The van der Waals surface area contributed by atoms with Gasteiger partial charge in [0, 0.05) is 82.7 Å². The minimum absolute atomic E-state index is 0.0310. The van der Waals surface area contributed by atoms with Crippen molar-refractivity contribution in [2.45, 2.75) is 146 Å². The lowest BCUT2D eigenvalue weighted by atomic mass is 9.92. The fourth-order valence-electron chi connectivity index (χ4n) is 11.3. The van der Waals surface area contributed by atoms with Crippen molar-refractivity contribution < 1.29 is 53.0 Å². The van der Waals surface area contributed by atoms with Crippen molar-refractivity contribution in [1.82, 2.24) is 51.2 Å². The third-order valence-electron chi connectivity index (χ3n) is 16.1. The molecular weight excluding hydrogens is 1120 g/mol. The highest BCUT2D eigenvalue weighted by Gasteiger charge is 2.43. The van der Waals surface area contributed by atoms with Crippen LogP contribution in [0.5, 0.6) is 0 Å². The second kappa shape index (κ2) is 31.7. The lowest BCUT2D eigenvalue weighted by Gasteiger charge is -2.39. The lowest BCUT2D eigenvalue weighted by molar-refractivity contribution is -0.148. The number of nitrogens with two attached hydrogens (primary N) is 4. The molecule has 3 aromatic carbocycles. The van der Waals surface area contributed by atoms with Crippen LogP contribution in [-0.2, 0) is 82.0 Å². The molecular formula is C61H85N15O11. The van der Waals surface area contributed by atoms with Gasteiger partial charge in [-0.25, -0.2) is 4.79 Å². The molecule has 26 heteroatoms. The van der Waals surface area contributed by atoms with Crippen LogP contribution in [0, 0.1) is 0 Å². The van der Waals surface area contributed by atoms with Crippen LogP contribution in [0.2, 0.25) is 0 Å². The molecule has 1 saturated heterocycles. The van der Waals surface area contributed by atoms with E-state index in [2.05, 4.69) is 41.5 Å². The summed E-state index contributed by atoms with van der Waals surface area (Å²) in [6.45, 7) is 5.38. The third-order valence-corrected chi connectivity index (χ3v) is 16.1. The smallest absolute Gasteiger partial charge is 0.317 e. The number of morpholine rings is 1. The molecule has 3 aliphatic heterocycles. The molecule has 1 fully saturated rings. The average Bonchev–Trinajstić information content (AvgIpc) is 1.99. The molecule has 0 saturated carbocycles. The molecule has 0 spiro atoms. The van der Waals surface area contributed by atoms with Crippen LogP contribution < -0.4 is 49.5 Å². The zero-order valence-corrected chi connectivity index (χ0v) is 49.9. The zero-order valence-electron chi connectivity index (χ0n) is 49.9. The number of carbonyl (C=O) groups excluding carboxylic acids is 8. The number of unbranched alkanes of at least 4 members (excludes halogenated alkanes) is 2. The van der Waals surface area contributed by atoms with E-state index in [0.717, 1.165) is 35.1 Å². The van der Waals surface area contributed by atoms with Crippen LogP contribution in [-0.4, -0.2) is 185 Å². The largest absolute Gasteiger partial charge is 0.481 e. The number of aliphatic carboxylic acids is 1. The van der Waals surface area contributed by atoms with Gasteiger partial charge in [-0.3, -0.25) is 48.2 Å². The summed E-state index contributed by atoms with van der Waals surface area (Å²) in [4.78, 5) is 141. The molecule has 7 rings (SSSR count). The summed E-state index contributed by atoms with van der Waals surface area (Å²) in [6.07, 6.45) is 1.73. The van der Waals surface area contributed by atoms with Gasteiger partial charge in [0.15, 0.2) is 5.96 Å². The first-order valence-corrected chi connectivity index (χ1v) is 29.8. The van der Waals surface area contributed by atoms with E-state index in [1.54, 1.807) is 24.3 Å². The van der Waals surface area contributed by atoms with Crippen molar-refractivity contribution in [1.29, 1.82) is 0 Å². The topological polar surface area (TPSA) is 388 Å². The van der Waals surface area contributed by atoms with Crippen LogP contribution in [0.15, 0.2) is 77.8 Å². The van der Waals surface area contributed by atoms with Crippen molar-refractivity contribution in [3.05, 3.63) is 106 Å². The number of fused-ring (bicyclic) bond motifs is 4. The van der Waals surface area contributed by atoms with Gasteiger partial charge in [0.2, 0.25) is 41.4 Å². The summed E-state index contributed by atoms with van der Waals surface area (Å²) in [7, 11) is 2.99. The number of ether oxygens (including phenoxy) is 1. The van der Waals surface area contributed by atoms with E-state index in [9.17, 15) is 33.9 Å². The van der Waals surface area contributed by atoms with Crippen molar-refractivity contribution in [3.8, 4) is 0 Å². The Morgan fingerprint density at radius 1 is 0.678 bits per heavy atom. The molecule has 0 radical (unpaired) electrons. The maximum atomic E-state index is 15.5. The number of carboxylic acid groups (broad SMARTS) is 1. The number of aromatic nitrogens is 1. The maximum absolute atomic E-state index is 15.5. The van der Waals surface area contributed by atoms with Crippen molar-refractivity contribution in [3.63, 3.8) is 0 Å². The molecule has 87 heavy (non-hydrogen) atoms. The number of carbonyl (C=O) groups is 9. The first kappa shape index (κ1) is 65.9. The van der Waals surface area contributed by atoms with Gasteiger partial charge in [-0.05, 0) is 79.0 Å². The SMILES string of the molecule is CCCC[C@H](NC(=O)N(C)C)C(=O)N[C@@H](CC(=O)O)C(=O)N1Cc2ccccc2C[C@H]1C(=O)N[C@H](Cc1ccc(CN2CCOCC2)cc1)C(=O)N[C@@H](CCCN=C(N)N)C(=O)N1Cc2[nH]c3ccccc3c2CC1C(=O)N[C@@H](CCCCN)C(N)=O. The number of primary amides is 1. The van der Waals surface area contributed by atoms with E-state index in [0.29, 0.717) is 74.4 Å². The van der Waals surface area contributed by atoms with E-state index in [1.165, 1.54) is 28.8 Å². The minimum Gasteiger partial charge on any atom is -0.481 e. The molecule has 26 nitrogen and oxygen atoms in total. The number of rotatable bonds is 29. The quantitative estimate of drug-likeness (QED) is 0.0199. The molecule has 470 valence electrons. The normalized spacial score (nSPS) is 17.4. The second-order valence-corrected chi connectivity index (χ2v) is 22.7. The van der Waals surface area contributed by atoms with E-state index in [-0.39, 0.29) is 70.5 Å². The van der Waals surface area contributed by atoms with Gasteiger partial charge in [0.1, 0.15) is 42.3 Å². The Labute approximate surface area is 506 Å². The number of urea groups is 1. The van der Waals surface area contributed by atoms with Gasteiger partial charge in [0.05, 0.1) is 26.2 Å². The molecule has 3 aliphatic rings. The number of carboxylic acids is 1. The highest BCUT2D eigenvalue weighted by atomic mass is 16.5. The predicted octanol–water partition coefficient (Wildman–Crippen LogP) is 0.361. The van der Waals surface area contributed by atoms with Gasteiger partial charge in [-0.15, -0.1) is 0 Å². The molecule has 15 N–H and O–H groups in total. The van der Waals surface area contributed by atoms with E-state index < -0.39 is 102 Å². The number of guanidine groups is 1. The third kappa shape index (κ3) is 18.2. The predicted molar refractivity (Wildman–Crippen MR) is 325 cm³/mol. The number of nitrogens with one attached hydrogen (secondary N) is 6. The average molecular weight is 1200 g/mol. The summed E-state index contributed by atoms with van der Waals surface area (Å²) < 4.78 is 5.54. The van der Waals surface area contributed by atoms with Crippen LogP contribution >= 0.6 is 0 Å². The van der Waals surface area contributed by atoms with Crippen molar-refractivity contribution in [2.75, 3.05) is 53.5 Å². The molecule has 9 amide bonds. The highest BCUT2D eigenvalue weighted by molar-refractivity contribution is 5.99. The number of aliphatic imine (C=N–C) groups is 1. The van der Waals surface area contributed by atoms with Gasteiger partial charge in [0.25, 0.3) is 0 Å². The van der Waals surface area contributed by atoms with Gasteiger partial charge in [-0.2, -0.15) is 0 Å². The lowest BCUT2D eigenvalue weighted by Crippen LogP contribution is -2.62. The van der Waals surface area contributed by atoms with Gasteiger partial charge >= 0.3 is 12.0 Å². The summed E-state index contributed by atoms with van der Waals surface area (Å²) >= 11 is 0. The summed E-state index contributed by atoms with van der Waals surface area (Å²) in [5.41, 5.74) is 28.1. The Morgan fingerprint density at radius 2 is 1.28 bits per heavy atom. The minimum atomic E-state index is -1.70.